The van der Waals surface area contributed by atoms with Crippen LogP contribution in [0.25, 0.3) is 0 Å². The average Bonchev–Trinajstić information content (AvgIpc) is 2.34. The molecular weight excluding hydrogens is 391 g/mol. The summed E-state index contributed by atoms with van der Waals surface area (Å²) in [5.41, 5.74) is 0.356. The van der Waals surface area contributed by atoms with E-state index in [9.17, 15) is 4.79 Å². The number of rotatable bonds is 1. The van der Waals surface area contributed by atoms with Crippen LogP contribution in [0.1, 0.15) is 19.8 Å². The highest BCUT2D eigenvalue weighted by Crippen LogP contribution is 2.42. The van der Waals surface area contributed by atoms with Crippen LogP contribution in [0.5, 0.6) is 0 Å². The summed E-state index contributed by atoms with van der Waals surface area (Å²) in [7, 11) is 0. The van der Waals surface area contributed by atoms with Gasteiger partial charge in [-0.2, -0.15) is 0 Å². The van der Waals surface area contributed by atoms with E-state index in [0.717, 1.165) is 44.8 Å². The van der Waals surface area contributed by atoms with E-state index in [-0.39, 0.29) is 5.91 Å². The summed E-state index contributed by atoms with van der Waals surface area (Å²) < 4.78 is 0.678. The molecule has 1 spiro atoms. The van der Waals surface area contributed by atoms with Crippen LogP contribution in [0.15, 0.2) is 6.07 Å². The van der Waals surface area contributed by atoms with Gasteiger partial charge in [0.2, 0.25) is 5.91 Å². The van der Waals surface area contributed by atoms with E-state index in [1.54, 1.807) is 6.92 Å². The third-order valence-corrected chi connectivity index (χ3v) is 4.98. The van der Waals surface area contributed by atoms with Crippen LogP contribution in [0.3, 0.4) is 0 Å². The van der Waals surface area contributed by atoms with E-state index >= 15 is 0 Å². The predicted octanol–water partition coefficient (Wildman–Crippen LogP) is 2.18. The Kier molecular flexibility index (Phi) is 3.79. The maximum Gasteiger partial charge on any atom is 0.219 e. The Morgan fingerprint density at radius 2 is 2.00 bits per heavy atom. The van der Waals surface area contributed by atoms with Crippen molar-refractivity contribution in [3.05, 3.63) is 15.1 Å². The van der Waals surface area contributed by atoms with Crippen molar-refractivity contribution in [3.8, 4) is 0 Å². The standard InChI is InChI=1S/C13H16ClIN4O/c1-9(20)18-4-2-13(3-5-18)7-19(8-13)11-6-10(14)16-12(15)17-11/h6H,2-5,7-8H2,1H3. The minimum absolute atomic E-state index is 0.188. The van der Waals surface area contributed by atoms with Crippen molar-refractivity contribution in [2.45, 2.75) is 19.8 Å². The molecule has 7 heteroatoms. The number of halogens is 2. The van der Waals surface area contributed by atoms with Crippen LogP contribution >= 0.6 is 34.2 Å². The molecule has 1 aromatic rings. The molecule has 2 fully saturated rings. The van der Waals surface area contributed by atoms with Gasteiger partial charge in [0.1, 0.15) is 11.0 Å². The van der Waals surface area contributed by atoms with E-state index in [1.807, 2.05) is 11.0 Å². The zero-order valence-corrected chi connectivity index (χ0v) is 14.2. The minimum atomic E-state index is 0.188. The van der Waals surface area contributed by atoms with Crippen LogP contribution in [0.2, 0.25) is 5.15 Å². The molecule has 0 aliphatic carbocycles. The molecule has 0 radical (unpaired) electrons. The monoisotopic (exact) mass is 406 g/mol. The molecule has 1 aromatic heterocycles. The van der Waals surface area contributed by atoms with Gasteiger partial charge in [-0.15, -0.1) is 0 Å². The second-order valence-electron chi connectivity index (χ2n) is 5.68. The Labute approximate surface area is 136 Å². The van der Waals surface area contributed by atoms with Gasteiger partial charge in [0, 0.05) is 67.2 Å². The highest BCUT2D eigenvalue weighted by molar-refractivity contribution is 14.1. The molecule has 2 aliphatic heterocycles. The van der Waals surface area contributed by atoms with E-state index in [4.69, 9.17) is 11.6 Å². The van der Waals surface area contributed by atoms with E-state index < -0.39 is 0 Å². The van der Waals surface area contributed by atoms with Crippen LogP contribution in [-0.2, 0) is 4.79 Å². The van der Waals surface area contributed by atoms with Crippen LogP contribution in [-0.4, -0.2) is 47.0 Å². The Morgan fingerprint density at radius 1 is 1.35 bits per heavy atom. The molecular formula is C13H16ClIN4O. The SMILES string of the molecule is CC(=O)N1CCC2(CC1)CN(c1cc(Cl)nc(I)n1)C2. The summed E-state index contributed by atoms with van der Waals surface area (Å²) in [5, 5.41) is 0.492. The van der Waals surface area contributed by atoms with Gasteiger partial charge in [-0.3, -0.25) is 4.79 Å². The first-order valence-electron chi connectivity index (χ1n) is 6.68. The molecule has 1 amide bonds. The van der Waals surface area contributed by atoms with Gasteiger partial charge in [-0.05, 0) is 12.8 Å². The molecule has 0 N–H and O–H groups in total. The van der Waals surface area contributed by atoms with Gasteiger partial charge in [-0.25, -0.2) is 9.97 Å². The maximum atomic E-state index is 11.4. The summed E-state index contributed by atoms with van der Waals surface area (Å²) >= 11 is 8.06. The van der Waals surface area contributed by atoms with Crippen LogP contribution in [0, 0.1) is 9.25 Å². The lowest BCUT2D eigenvalue weighted by atomic mass is 9.72. The Hall–Kier alpha value is -0.630. The minimum Gasteiger partial charge on any atom is -0.355 e. The number of likely N-dealkylation sites (tertiary alicyclic amines) is 1. The Balaban J connectivity index is 1.63. The smallest absolute Gasteiger partial charge is 0.219 e. The van der Waals surface area contributed by atoms with E-state index in [0.29, 0.717) is 14.4 Å². The first-order chi connectivity index (χ1) is 9.47. The number of hydrogen-bond acceptors (Lipinski definition) is 4. The van der Waals surface area contributed by atoms with Crippen molar-refractivity contribution in [2.24, 2.45) is 5.41 Å². The molecule has 0 saturated carbocycles. The Bertz CT molecular complexity index is 517. The maximum absolute atomic E-state index is 11.4. The summed E-state index contributed by atoms with van der Waals surface area (Å²) in [6, 6.07) is 1.82. The number of nitrogens with zero attached hydrogens (tertiary/aromatic N) is 4. The first-order valence-corrected chi connectivity index (χ1v) is 8.14. The van der Waals surface area contributed by atoms with Gasteiger partial charge >= 0.3 is 0 Å². The van der Waals surface area contributed by atoms with Crippen molar-refractivity contribution >= 4 is 45.9 Å². The van der Waals surface area contributed by atoms with Crippen LogP contribution in [0.4, 0.5) is 5.82 Å². The summed E-state index contributed by atoms with van der Waals surface area (Å²) in [6.07, 6.45) is 2.16. The topological polar surface area (TPSA) is 49.3 Å². The quantitative estimate of drug-likeness (QED) is 0.407. The fraction of sp³-hybridized carbons (Fsp3) is 0.615. The molecule has 20 heavy (non-hydrogen) atoms. The van der Waals surface area contributed by atoms with Gasteiger partial charge in [0.25, 0.3) is 0 Å². The first kappa shape index (κ1) is 14.3. The zero-order chi connectivity index (χ0) is 14.3. The van der Waals surface area contributed by atoms with E-state index in [1.165, 1.54) is 0 Å². The second kappa shape index (κ2) is 5.29. The summed E-state index contributed by atoms with van der Waals surface area (Å²) in [4.78, 5) is 24.1. The van der Waals surface area contributed by atoms with Gasteiger partial charge in [-0.1, -0.05) is 11.6 Å². The van der Waals surface area contributed by atoms with Gasteiger partial charge in [0.05, 0.1) is 0 Å². The lowest BCUT2D eigenvalue weighted by Gasteiger charge is -2.54. The number of amides is 1. The third-order valence-electron chi connectivity index (χ3n) is 4.30. The summed E-state index contributed by atoms with van der Waals surface area (Å²) in [5.74, 6) is 1.10. The highest BCUT2D eigenvalue weighted by atomic mass is 127. The number of carbonyl (C=O) groups is 1. The molecule has 108 valence electrons. The number of hydrogen-bond donors (Lipinski definition) is 0. The van der Waals surface area contributed by atoms with Gasteiger partial charge in [0.15, 0.2) is 3.83 Å². The van der Waals surface area contributed by atoms with Crippen LogP contribution < -0.4 is 4.90 Å². The fourth-order valence-corrected chi connectivity index (χ4v) is 3.91. The predicted molar refractivity (Wildman–Crippen MR) is 85.9 cm³/mol. The van der Waals surface area contributed by atoms with Crippen molar-refractivity contribution in [3.63, 3.8) is 0 Å². The van der Waals surface area contributed by atoms with Crippen molar-refractivity contribution in [1.82, 2.24) is 14.9 Å². The number of aromatic nitrogens is 2. The van der Waals surface area contributed by atoms with E-state index in [2.05, 4.69) is 37.5 Å². The largest absolute Gasteiger partial charge is 0.355 e. The summed E-state index contributed by atoms with van der Waals surface area (Å²) in [6.45, 7) is 5.41. The molecule has 0 bridgehead atoms. The molecule has 3 heterocycles. The normalized spacial score (nSPS) is 20.9. The fourth-order valence-electron chi connectivity index (χ4n) is 3.08. The lowest BCUT2D eigenvalue weighted by molar-refractivity contribution is -0.131. The van der Waals surface area contributed by atoms with Crippen molar-refractivity contribution in [2.75, 3.05) is 31.1 Å². The van der Waals surface area contributed by atoms with Gasteiger partial charge < -0.3 is 9.80 Å². The molecule has 2 saturated heterocycles. The van der Waals surface area contributed by atoms with Crippen molar-refractivity contribution in [1.29, 1.82) is 0 Å². The Morgan fingerprint density at radius 3 is 2.55 bits per heavy atom. The molecule has 0 atom stereocenters. The molecule has 0 unspecified atom stereocenters. The second-order valence-corrected chi connectivity index (χ2v) is 7.03. The number of carbonyl (C=O) groups excluding carboxylic acids is 1. The molecule has 0 aromatic carbocycles. The number of anilines is 1. The zero-order valence-electron chi connectivity index (χ0n) is 11.3. The number of piperidine rings is 1. The average molecular weight is 407 g/mol. The molecule has 3 rings (SSSR count). The highest BCUT2D eigenvalue weighted by Gasteiger charge is 2.45. The molecule has 2 aliphatic rings. The third kappa shape index (κ3) is 2.72. The molecule has 5 nitrogen and oxygen atoms in total. The van der Waals surface area contributed by atoms with Crippen molar-refractivity contribution < 1.29 is 4.79 Å². The lowest BCUT2D eigenvalue weighted by Crippen LogP contribution is -2.61.